The molecule has 0 unspecified atom stereocenters. The Morgan fingerprint density at radius 1 is 0.793 bits per heavy atom. The maximum Gasteiger partial charge on any atom is 0.261 e. The first-order valence-electron chi connectivity index (χ1n) is 8.19. The monoisotopic (exact) mass is 434 g/mol. The Morgan fingerprint density at radius 2 is 1.17 bits per heavy atom. The molecule has 0 radical (unpaired) electrons. The summed E-state index contributed by atoms with van der Waals surface area (Å²) in [5.41, 5.74) is 5.92. The van der Waals surface area contributed by atoms with Crippen molar-refractivity contribution in [2.24, 2.45) is 15.5 Å². The third-order valence-electron chi connectivity index (χ3n) is 3.31. The largest absolute Gasteiger partial charge is 0.271 e. The fourth-order valence-electron chi connectivity index (χ4n) is 1.97. The predicted octanol–water partition coefficient (Wildman–Crippen LogP) is 2.58. The standard InChI is InChI=1S/C18H16Cl2N6O3/c19-15-5-1-13(2-6-15)9-21-23-17(27)11-26(25-29)12-18(28)24-22-10-14-3-7-16(20)8-4-14/h1-10H,11-12H2,(H,23,27)(H,24,28)/b21-9-,22-10+. The zero-order chi connectivity index (χ0) is 21.1. The van der Waals surface area contributed by atoms with E-state index in [9.17, 15) is 14.5 Å². The molecule has 9 nitrogen and oxygen atoms in total. The number of nitrogens with zero attached hydrogens (tertiary/aromatic N) is 4. The summed E-state index contributed by atoms with van der Waals surface area (Å²) in [5.74, 6) is -1.24. The third kappa shape index (κ3) is 8.50. The van der Waals surface area contributed by atoms with Gasteiger partial charge >= 0.3 is 0 Å². The predicted molar refractivity (Wildman–Crippen MR) is 112 cm³/mol. The van der Waals surface area contributed by atoms with E-state index in [2.05, 4.69) is 26.3 Å². The number of hydrogen-bond donors (Lipinski definition) is 2. The Bertz CT molecular complexity index is 829. The molecule has 0 saturated carbocycles. The number of benzene rings is 2. The van der Waals surface area contributed by atoms with Crippen LogP contribution >= 0.6 is 23.2 Å². The van der Waals surface area contributed by atoms with Crippen LogP contribution in [0.5, 0.6) is 0 Å². The van der Waals surface area contributed by atoms with Gasteiger partial charge in [-0.05, 0) is 35.4 Å². The number of halogens is 2. The highest BCUT2D eigenvalue weighted by Crippen LogP contribution is 2.08. The molecule has 0 atom stereocenters. The quantitative estimate of drug-likeness (QED) is 0.358. The van der Waals surface area contributed by atoms with Gasteiger partial charge in [0.05, 0.1) is 17.7 Å². The Hall–Kier alpha value is -3.30. The number of hydrogen-bond acceptors (Lipinski definition) is 6. The lowest BCUT2D eigenvalue weighted by Gasteiger charge is -2.12. The van der Waals surface area contributed by atoms with Gasteiger partial charge in [0.2, 0.25) is 0 Å². The van der Waals surface area contributed by atoms with Crippen molar-refractivity contribution >= 4 is 47.4 Å². The van der Waals surface area contributed by atoms with Gasteiger partial charge in [0.1, 0.15) is 13.1 Å². The Morgan fingerprint density at radius 3 is 1.52 bits per heavy atom. The molecule has 0 aliphatic rings. The second kappa shape index (κ2) is 11.5. The lowest BCUT2D eigenvalue weighted by Crippen LogP contribution is -2.38. The Balaban J connectivity index is 1.75. The number of nitroso groups, excluding NO2 is 1. The second-order valence-electron chi connectivity index (χ2n) is 5.59. The molecule has 150 valence electrons. The van der Waals surface area contributed by atoms with Gasteiger partial charge in [0, 0.05) is 10.0 Å². The summed E-state index contributed by atoms with van der Waals surface area (Å²) >= 11 is 11.5. The summed E-state index contributed by atoms with van der Waals surface area (Å²) < 4.78 is 0. The molecule has 0 aliphatic heterocycles. The fraction of sp³-hybridized carbons (Fsp3) is 0.111. The van der Waals surface area contributed by atoms with E-state index in [4.69, 9.17) is 23.2 Å². The van der Waals surface area contributed by atoms with E-state index in [1.54, 1.807) is 48.5 Å². The first-order valence-corrected chi connectivity index (χ1v) is 8.95. The zero-order valence-corrected chi connectivity index (χ0v) is 16.5. The smallest absolute Gasteiger partial charge is 0.261 e. The SMILES string of the molecule is O=NN(CC(=O)N/N=C\c1ccc(Cl)cc1)CC(=O)N/N=C/c1ccc(Cl)cc1. The molecule has 0 saturated heterocycles. The molecule has 0 aliphatic carbocycles. The Kier molecular flexibility index (Phi) is 8.74. The van der Waals surface area contributed by atoms with Crippen molar-refractivity contribution in [1.29, 1.82) is 0 Å². The van der Waals surface area contributed by atoms with Crippen molar-refractivity contribution in [3.05, 3.63) is 74.6 Å². The summed E-state index contributed by atoms with van der Waals surface area (Å²) in [7, 11) is 0. The average molecular weight is 435 g/mol. The normalized spacial score (nSPS) is 10.8. The topological polar surface area (TPSA) is 116 Å². The number of carbonyl (C=O) groups excluding carboxylic acids is 2. The van der Waals surface area contributed by atoms with Gasteiger partial charge in [-0.1, -0.05) is 47.5 Å². The molecule has 2 aromatic carbocycles. The van der Waals surface area contributed by atoms with Crippen molar-refractivity contribution in [2.75, 3.05) is 13.1 Å². The van der Waals surface area contributed by atoms with Gasteiger partial charge < -0.3 is 0 Å². The highest BCUT2D eigenvalue weighted by atomic mass is 35.5. The van der Waals surface area contributed by atoms with E-state index in [1.165, 1.54) is 12.4 Å². The van der Waals surface area contributed by atoms with Crippen molar-refractivity contribution in [2.45, 2.75) is 0 Å². The summed E-state index contributed by atoms with van der Waals surface area (Å²) in [4.78, 5) is 34.5. The molecule has 0 fully saturated rings. The molecule has 2 rings (SSSR count). The summed E-state index contributed by atoms with van der Waals surface area (Å²) in [6, 6.07) is 13.6. The molecule has 0 heterocycles. The average Bonchev–Trinajstić information content (AvgIpc) is 2.70. The highest BCUT2D eigenvalue weighted by Gasteiger charge is 2.13. The number of carbonyl (C=O) groups is 2. The minimum absolute atomic E-state index is 0.449. The van der Waals surface area contributed by atoms with Crippen LogP contribution in [-0.2, 0) is 9.59 Å². The minimum atomic E-state index is -0.618. The van der Waals surface area contributed by atoms with Gasteiger partial charge in [-0.2, -0.15) is 10.2 Å². The van der Waals surface area contributed by atoms with Crippen molar-refractivity contribution < 1.29 is 9.59 Å². The van der Waals surface area contributed by atoms with E-state index >= 15 is 0 Å². The Labute approximate surface area is 176 Å². The van der Waals surface area contributed by atoms with E-state index in [0.717, 1.165) is 16.1 Å². The fourth-order valence-corrected chi connectivity index (χ4v) is 2.22. The first kappa shape index (κ1) is 22.0. The molecule has 11 heteroatoms. The minimum Gasteiger partial charge on any atom is -0.271 e. The van der Waals surface area contributed by atoms with Crippen LogP contribution in [-0.4, -0.2) is 42.3 Å². The number of nitrogens with one attached hydrogen (secondary N) is 2. The molecule has 29 heavy (non-hydrogen) atoms. The summed E-state index contributed by atoms with van der Waals surface area (Å²) in [5, 5.41) is 12.1. The summed E-state index contributed by atoms with van der Waals surface area (Å²) in [6.07, 6.45) is 2.82. The van der Waals surface area contributed by atoms with E-state index in [0.29, 0.717) is 10.0 Å². The van der Waals surface area contributed by atoms with Gasteiger partial charge in [0.25, 0.3) is 11.8 Å². The molecule has 0 aromatic heterocycles. The maximum atomic E-state index is 11.8. The van der Waals surface area contributed by atoms with Crippen LogP contribution < -0.4 is 10.9 Å². The lowest BCUT2D eigenvalue weighted by atomic mass is 10.2. The second-order valence-corrected chi connectivity index (χ2v) is 6.47. The van der Waals surface area contributed by atoms with E-state index < -0.39 is 24.9 Å². The van der Waals surface area contributed by atoms with Gasteiger partial charge in [-0.3, -0.25) is 9.59 Å². The lowest BCUT2D eigenvalue weighted by molar-refractivity contribution is -0.125. The molecular formula is C18H16Cl2N6O3. The molecule has 0 bridgehead atoms. The van der Waals surface area contributed by atoms with Crippen molar-refractivity contribution in [3.63, 3.8) is 0 Å². The van der Waals surface area contributed by atoms with Crippen molar-refractivity contribution in [3.8, 4) is 0 Å². The van der Waals surface area contributed by atoms with Crippen molar-refractivity contribution in [1.82, 2.24) is 15.9 Å². The summed E-state index contributed by atoms with van der Waals surface area (Å²) in [6.45, 7) is -0.897. The van der Waals surface area contributed by atoms with Crippen LogP contribution in [0.3, 0.4) is 0 Å². The van der Waals surface area contributed by atoms with Gasteiger partial charge in [-0.25, -0.2) is 15.9 Å². The number of amides is 2. The third-order valence-corrected chi connectivity index (χ3v) is 3.82. The van der Waals surface area contributed by atoms with E-state index in [-0.39, 0.29) is 0 Å². The van der Waals surface area contributed by atoms with Gasteiger partial charge in [-0.15, -0.1) is 4.91 Å². The molecule has 0 spiro atoms. The van der Waals surface area contributed by atoms with Crippen LogP contribution in [0, 0.1) is 4.91 Å². The van der Waals surface area contributed by atoms with Crippen LogP contribution in [0.1, 0.15) is 11.1 Å². The van der Waals surface area contributed by atoms with Gasteiger partial charge in [0.15, 0.2) is 0 Å². The highest BCUT2D eigenvalue weighted by molar-refractivity contribution is 6.30. The maximum absolute atomic E-state index is 11.8. The van der Waals surface area contributed by atoms with Crippen LogP contribution in [0.15, 0.2) is 64.0 Å². The first-order chi connectivity index (χ1) is 14.0. The van der Waals surface area contributed by atoms with Crippen LogP contribution in [0.2, 0.25) is 10.0 Å². The van der Waals surface area contributed by atoms with Crippen LogP contribution in [0.25, 0.3) is 0 Å². The molecule has 2 N–H and O–H groups in total. The molecule has 2 amide bonds. The molecular weight excluding hydrogens is 419 g/mol. The van der Waals surface area contributed by atoms with E-state index in [1.807, 2.05) is 0 Å². The zero-order valence-electron chi connectivity index (χ0n) is 15.0. The number of rotatable bonds is 9. The molecule has 2 aromatic rings. The van der Waals surface area contributed by atoms with Crippen LogP contribution in [0.4, 0.5) is 0 Å². The number of hydrazone groups is 2.